The lowest BCUT2D eigenvalue weighted by Crippen LogP contribution is -2.52. The molecule has 0 aliphatic heterocycles. The molecule has 0 fully saturated rings. The molecule has 5 N–H and O–H groups in total. The minimum atomic E-state index is -3.86. The Morgan fingerprint density at radius 1 is 0.979 bits per heavy atom. The lowest BCUT2D eigenvalue weighted by molar-refractivity contribution is -0.151. The molecule has 2 aromatic carbocycles. The van der Waals surface area contributed by atoms with E-state index in [0.717, 1.165) is 35.7 Å². The largest absolute Gasteiger partial charge is 0.458 e. The van der Waals surface area contributed by atoms with Crippen molar-refractivity contribution in [2.24, 2.45) is 5.73 Å². The first kappa shape index (κ1) is 37.8. The highest BCUT2D eigenvalue weighted by atomic mass is 32.2. The maximum Gasteiger partial charge on any atom is 0.330 e. The number of hydrogen-bond donors (Lipinski definition) is 4. The van der Waals surface area contributed by atoms with Gasteiger partial charge in [0.15, 0.2) is 9.84 Å². The molecule has 13 heteroatoms. The SMILES string of the molecule is CCCC(CCC)S(=O)(=O)C[C@@H](NC(=O)c1cc(C)n[nH]1)C(=O)O[C@H](CNCc1cccc(CC)c1)[C@@H](N)Cc1cc(F)cc(F)c1. The molecule has 1 heterocycles. The normalized spacial score (nSPS) is 13.7. The van der Waals surface area contributed by atoms with Crippen molar-refractivity contribution in [2.45, 2.75) is 96.2 Å². The molecule has 3 atom stereocenters. The number of sulfone groups is 1. The van der Waals surface area contributed by atoms with Crippen LogP contribution in [-0.2, 0) is 38.8 Å². The topological polar surface area (TPSA) is 156 Å². The van der Waals surface area contributed by atoms with Crippen LogP contribution in [0.15, 0.2) is 48.5 Å². The van der Waals surface area contributed by atoms with Crippen LogP contribution in [0.4, 0.5) is 8.78 Å². The van der Waals surface area contributed by atoms with Gasteiger partial charge in [0, 0.05) is 25.2 Å². The molecule has 0 saturated heterocycles. The number of aryl methyl sites for hydroxylation is 2. The number of aromatic amines is 1. The zero-order valence-corrected chi connectivity index (χ0v) is 28.3. The number of carbonyl (C=O) groups excluding carboxylic acids is 2. The number of hydrogen-bond acceptors (Lipinski definition) is 8. The van der Waals surface area contributed by atoms with E-state index in [2.05, 4.69) is 20.8 Å². The van der Waals surface area contributed by atoms with E-state index in [1.807, 2.05) is 45.0 Å². The fourth-order valence-electron chi connectivity index (χ4n) is 5.42. The van der Waals surface area contributed by atoms with Gasteiger partial charge in [-0.2, -0.15) is 5.10 Å². The third-order valence-corrected chi connectivity index (χ3v) is 10.2. The third kappa shape index (κ3) is 11.8. The molecule has 0 unspecified atom stereocenters. The van der Waals surface area contributed by atoms with Crippen molar-refractivity contribution in [1.29, 1.82) is 0 Å². The number of nitrogens with zero attached hydrogens (tertiary/aromatic N) is 1. The number of nitrogens with two attached hydrogens (primary N) is 1. The predicted octanol–water partition coefficient (Wildman–Crippen LogP) is 4.31. The Hall–Kier alpha value is -3.68. The standard InChI is InChI=1S/C34H47F2N5O5S/c1-5-9-28(10-6-2)47(44,45)21-31(39-33(42)30-13-22(4)40-41-30)34(43)46-32(20-38-19-24-12-8-11-23(7-3)14-24)29(37)17-25-15-26(35)18-27(36)16-25/h8,11-16,18,28-29,31-32,38H,5-7,9-10,17,19-21,37H2,1-4H3,(H,39,42)(H,40,41)/t29-,31+,32+/m0/s1. The molecule has 0 aliphatic carbocycles. The first-order valence-electron chi connectivity index (χ1n) is 16.1. The van der Waals surface area contributed by atoms with Gasteiger partial charge < -0.3 is 21.1 Å². The van der Waals surface area contributed by atoms with E-state index in [0.29, 0.717) is 37.9 Å². The molecule has 0 radical (unpaired) electrons. The number of amides is 1. The second-order valence-corrected chi connectivity index (χ2v) is 14.2. The van der Waals surface area contributed by atoms with E-state index in [1.54, 1.807) is 6.92 Å². The minimum absolute atomic E-state index is 0.0442. The van der Waals surface area contributed by atoms with Gasteiger partial charge >= 0.3 is 5.97 Å². The lowest BCUT2D eigenvalue weighted by atomic mass is 10.0. The van der Waals surface area contributed by atoms with Crippen LogP contribution < -0.4 is 16.4 Å². The third-order valence-electron chi connectivity index (χ3n) is 7.88. The van der Waals surface area contributed by atoms with Gasteiger partial charge in [-0.05, 0) is 67.5 Å². The van der Waals surface area contributed by atoms with Crippen molar-refractivity contribution in [3.63, 3.8) is 0 Å². The number of carbonyl (C=O) groups is 2. The first-order chi connectivity index (χ1) is 22.3. The van der Waals surface area contributed by atoms with E-state index in [4.69, 9.17) is 10.5 Å². The summed E-state index contributed by atoms with van der Waals surface area (Å²) in [7, 11) is -3.86. The number of rotatable bonds is 19. The summed E-state index contributed by atoms with van der Waals surface area (Å²) in [6, 6.07) is 9.96. The minimum Gasteiger partial charge on any atom is -0.458 e. The average molecular weight is 676 g/mol. The summed E-state index contributed by atoms with van der Waals surface area (Å²) in [5.41, 5.74) is 9.47. The van der Waals surface area contributed by atoms with Crippen LogP contribution in [0.25, 0.3) is 0 Å². The van der Waals surface area contributed by atoms with Gasteiger partial charge in [0.1, 0.15) is 29.5 Å². The van der Waals surface area contributed by atoms with Crippen LogP contribution in [0.3, 0.4) is 0 Å². The smallest absolute Gasteiger partial charge is 0.330 e. The zero-order chi connectivity index (χ0) is 34.6. The summed E-state index contributed by atoms with van der Waals surface area (Å²) in [6.45, 7) is 7.94. The quantitative estimate of drug-likeness (QED) is 0.137. The van der Waals surface area contributed by atoms with Crippen LogP contribution in [0.1, 0.15) is 79.3 Å². The average Bonchev–Trinajstić information content (AvgIpc) is 3.45. The van der Waals surface area contributed by atoms with Gasteiger partial charge in [-0.1, -0.05) is 57.9 Å². The van der Waals surface area contributed by atoms with Crippen molar-refractivity contribution in [3.05, 3.63) is 88.2 Å². The monoisotopic (exact) mass is 675 g/mol. The fourth-order valence-corrected chi connectivity index (χ4v) is 7.57. The number of aromatic nitrogens is 2. The number of H-pyrrole nitrogens is 1. The van der Waals surface area contributed by atoms with E-state index in [9.17, 15) is 26.8 Å². The molecule has 1 aromatic heterocycles. The number of halogens is 2. The van der Waals surface area contributed by atoms with Crippen LogP contribution in [-0.4, -0.2) is 66.2 Å². The highest BCUT2D eigenvalue weighted by molar-refractivity contribution is 7.92. The van der Waals surface area contributed by atoms with Gasteiger partial charge in [-0.15, -0.1) is 0 Å². The Labute approximate surface area is 276 Å². The lowest BCUT2D eigenvalue weighted by Gasteiger charge is -2.28. The first-order valence-corrected chi connectivity index (χ1v) is 17.8. The van der Waals surface area contributed by atoms with Crippen LogP contribution in [0.2, 0.25) is 0 Å². The fraction of sp³-hybridized carbons (Fsp3) is 0.500. The number of ether oxygens (including phenoxy) is 1. The molecule has 3 aromatic rings. The van der Waals surface area contributed by atoms with Crippen LogP contribution in [0.5, 0.6) is 0 Å². The van der Waals surface area contributed by atoms with E-state index in [1.165, 1.54) is 6.07 Å². The number of benzene rings is 2. The molecule has 0 saturated carbocycles. The summed E-state index contributed by atoms with van der Waals surface area (Å²) in [4.78, 5) is 26.9. The summed E-state index contributed by atoms with van der Waals surface area (Å²) < 4.78 is 60.9. The maximum absolute atomic E-state index is 14.0. The van der Waals surface area contributed by atoms with E-state index < -0.39 is 62.5 Å². The van der Waals surface area contributed by atoms with Gasteiger partial charge in [-0.3, -0.25) is 9.89 Å². The molecule has 0 spiro atoms. The Morgan fingerprint density at radius 3 is 2.23 bits per heavy atom. The van der Waals surface area contributed by atoms with Crippen molar-refractivity contribution >= 4 is 21.7 Å². The Bertz CT molecular complexity index is 1560. The highest BCUT2D eigenvalue weighted by Crippen LogP contribution is 2.19. The summed E-state index contributed by atoms with van der Waals surface area (Å²) in [5.74, 6) is -3.94. The van der Waals surface area contributed by atoms with Gasteiger partial charge in [-0.25, -0.2) is 22.0 Å². The second-order valence-electron chi connectivity index (χ2n) is 11.9. The number of nitrogens with one attached hydrogen (secondary N) is 3. The summed E-state index contributed by atoms with van der Waals surface area (Å²) in [6.07, 6.45) is 1.83. The van der Waals surface area contributed by atoms with E-state index >= 15 is 0 Å². The van der Waals surface area contributed by atoms with Crippen LogP contribution >= 0.6 is 0 Å². The number of esters is 1. The van der Waals surface area contributed by atoms with Gasteiger partial charge in [0.05, 0.1) is 16.7 Å². The Morgan fingerprint density at radius 2 is 1.64 bits per heavy atom. The molecule has 1 amide bonds. The molecule has 0 aliphatic rings. The van der Waals surface area contributed by atoms with Crippen molar-refractivity contribution in [2.75, 3.05) is 12.3 Å². The van der Waals surface area contributed by atoms with Crippen molar-refractivity contribution in [3.8, 4) is 0 Å². The van der Waals surface area contributed by atoms with Crippen molar-refractivity contribution in [1.82, 2.24) is 20.8 Å². The van der Waals surface area contributed by atoms with Crippen molar-refractivity contribution < 1.29 is 31.5 Å². The molecule has 47 heavy (non-hydrogen) atoms. The zero-order valence-electron chi connectivity index (χ0n) is 27.5. The molecule has 258 valence electrons. The maximum atomic E-state index is 14.0. The van der Waals surface area contributed by atoms with Crippen LogP contribution in [0, 0.1) is 18.6 Å². The second kappa shape index (κ2) is 18.0. The molecular weight excluding hydrogens is 628 g/mol. The van der Waals surface area contributed by atoms with E-state index in [-0.39, 0.29) is 24.2 Å². The summed E-state index contributed by atoms with van der Waals surface area (Å²) >= 11 is 0. The molecule has 0 bridgehead atoms. The highest BCUT2D eigenvalue weighted by Gasteiger charge is 2.35. The molecule has 10 nitrogen and oxygen atoms in total. The van der Waals surface area contributed by atoms with Gasteiger partial charge in [0.2, 0.25) is 0 Å². The summed E-state index contributed by atoms with van der Waals surface area (Å²) in [5, 5.41) is 11.6. The Balaban J connectivity index is 1.88. The molecular formula is C34H47F2N5O5S. The Kier molecular flexibility index (Phi) is 14.5. The predicted molar refractivity (Wildman–Crippen MR) is 177 cm³/mol. The molecule has 3 rings (SSSR count). The van der Waals surface area contributed by atoms with Gasteiger partial charge in [0.25, 0.3) is 5.91 Å².